The van der Waals surface area contributed by atoms with Crippen molar-refractivity contribution in [1.29, 1.82) is 0 Å². The maximum Gasteiger partial charge on any atom is 0.416 e. The van der Waals surface area contributed by atoms with E-state index in [0.717, 1.165) is 12.1 Å². The van der Waals surface area contributed by atoms with Crippen molar-refractivity contribution in [3.05, 3.63) is 35.4 Å². The van der Waals surface area contributed by atoms with E-state index < -0.39 is 69.7 Å². The number of amides is 4. The van der Waals surface area contributed by atoms with E-state index in [1.807, 2.05) is 6.92 Å². The molecule has 0 aliphatic carbocycles. The number of hydrogen-bond donors (Lipinski definition) is 5. The van der Waals surface area contributed by atoms with E-state index in [1.54, 1.807) is 6.92 Å². The minimum absolute atomic E-state index is 0.00196. The molecule has 0 bridgehead atoms. The Morgan fingerprint density at radius 1 is 1.00 bits per heavy atom. The van der Waals surface area contributed by atoms with Gasteiger partial charge in [0.05, 0.1) is 5.56 Å². The highest BCUT2D eigenvalue weighted by molar-refractivity contribution is 7.87. The van der Waals surface area contributed by atoms with Crippen LogP contribution in [0.25, 0.3) is 0 Å². The van der Waals surface area contributed by atoms with Crippen molar-refractivity contribution in [3.8, 4) is 0 Å². The van der Waals surface area contributed by atoms with E-state index in [-0.39, 0.29) is 31.7 Å². The highest BCUT2D eigenvalue weighted by atomic mass is 32.2. The first-order valence-corrected chi connectivity index (χ1v) is 15.8. The zero-order valence-electron chi connectivity index (χ0n) is 24.1. The molecule has 4 amide bonds. The van der Waals surface area contributed by atoms with Crippen LogP contribution in [0.5, 0.6) is 0 Å². The minimum atomic E-state index is -4.55. The SMILES string of the molecule is CC[C@@H](C)[C@@H]1NC(=O)[C@@H](Cc2ccc(C(F)(F)F)cc2)NC(=O)[C@H](CCCCNS(N)(=O)=O)NC(=O)[C@H]2CCCN2C1=O. The van der Waals surface area contributed by atoms with Gasteiger partial charge in [0.25, 0.3) is 10.2 Å². The molecule has 2 heterocycles. The second-order valence-electron chi connectivity index (χ2n) is 11.0. The number of fused-ring (bicyclic) bond motifs is 1. The highest BCUT2D eigenvalue weighted by Crippen LogP contribution is 2.29. The van der Waals surface area contributed by atoms with E-state index in [0.29, 0.717) is 37.8 Å². The number of nitrogens with two attached hydrogens (primary N) is 1. The van der Waals surface area contributed by atoms with Gasteiger partial charge < -0.3 is 20.9 Å². The van der Waals surface area contributed by atoms with Crippen LogP contribution in [0.2, 0.25) is 0 Å². The predicted molar refractivity (Wildman–Crippen MR) is 150 cm³/mol. The second-order valence-corrected chi connectivity index (χ2v) is 12.4. The number of halogens is 3. The minimum Gasteiger partial charge on any atom is -0.343 e. The Morgan fingerprint density at radius 3 is 2.23 bits per heavy atom. The molecule has 12 nitrogen and oxygen atoms in total. The molecule has 5 atom stereocenters. The molecule has 3 rings (SSSR count). The number of unbranched alkanes of at least 4 members (excludes halogenated alkanes) is 1. The molecular weight excluding hydrogens is 593 g/mol. The first kappa shape index (κ1) is 34.3. The van der Waals surface area contributed by atoms with Gasteiger partial charge in [0, 0.05) is 19.5 Å². The van der Waals surface area contributed by atoms with Gasteiger partial charge in [-0.2, -0.15) is 21.6 Å². The summed E-state index contributed by atoms with van der Waals surface area (Å²) in [6.45, 7) is 3.93. The van der Waals surface area contributed by atoms with Crippen molar-refractivity contribution in [2.45, 2.75) is 89.1 Å². The Kier molecular flexibility index (Phi) is 11.5. The van der Waals surface area contributed by atoms with Gasteiger partial charge in [-0.1, -0.05) is 32.4 Å². The maximum atomic E-state index is 13.7. The lowest BCUT2D eigenvalue weighted by Crippen LogP contribution is -2.62. The van der Waals surface area contributed by atoms with Crippen LogP contribution in [0, 0.1) is 5.92 Å². The van der Waals surface area contributed by atoms with Gasteiger partial charge in [-0.3, -0.25) is 19.2 Å². The van der Waals surface area contributed by atoms with Crippen LogP contribution in [-0.2, 0) is 42.0 Å². The van der Waals surface area contributed by atoms with Crippen molar-refractivity contribution in [2.75, 3.05) is 13.1 Å². The molecule has 1 aromatic rings. The number of alkyl halides is 3. The predicted octanol–water partition coefficient (Wildman–Crippen LogP) is 0.716. The van der Waals surface area contributed by atoms with Crippen LogP contribution in [0.4, 0.5) is 13.2 Å². The number of carbonyl (C=O) groups is 4. The smallest absolute Gasteiger partial charge is 0.343 e. The van der Waals surface area contributed by atoms with Crippen molar-refractivity contribution < 1.29 is 40.8 Å². The van der Waals surface area contributed by atoms with Crippen molar-refractivity contribution in [2.24, 2.45) is 11.1 Å². The summed E-state index contributed by atoms with van der Waals surface area (Å²) in [5.74, 6) is -2.65. The van der Waals surface area contributed by atoms with Gasteiger partial charge in [-0.25, -0.2) is 9.86 Å². The summed E-state index contributed by atoms with van der Waals surface area (Å²) in [6, 6.07) is -0.0560. The normalized spacial score (nSPS) is 24.7. The fraction of sp³-hybridized carbons (Fsp3) is 0.630. The molecule has 43 heavy (non-hydrogen) atoms. The molecule has 0 unspecified atom stereocenters. The van der Waals surface area contributed by atoms with Crippen LogP contribution < -0.4 is 25.8 Å². The van der Waals surface area contributed by atoms with Crippen molar-refractivity contribution >= 4 is 33.8 Å². The zero-order chi connectivity index (χ0) is 31.9. The third-order valence-corrected chi connectivity index (χ3v) is 8.43. The van der Waals surface area contributed by atoms with E-state index >= 15 is 0 Å². The van der Waals surface area contributed by atoms with Gasteiger partial charge >= 0.3 is 6.18 Å². The summed E-state index contributed by atoms with van der Waals surface area (Å²) in [7, 11) is -3.90. The van der Waals surface area contributed by atoms with Crippen LogP contribution in [-0.4, -0.2) is 74.2 Å². The van der Waals surface area contributed by atoms with Gasteiger partial charge in [0.2, 0.25) is 23.6 Å². The Balaban J connectivity index is 1.91. The summed E-state index contributed by atoms with van der Waals surface area (Å²) < 4.78 is 63.6. The van der Waals surface area contributed by atoms with E-state index in [1.165, 1.54) is 17.0 Å². The molecule has 2 aliphatic heterocycles. The molecule has 0 radical (unpaired) electrons. The standard InChI is InChI=1S/C27H39F3N6O6S/c1-3-16(2)22-26(40)36-14-6-8-21(36)25(39)33-19(7-4-5-13-32-43(31,41)42)23(37)34-20(24(38)35-22)15-17-9-11-18(12-10-17)27(28,29)30/h9-12,16,19-22,32H,3-8,13-15H2,1-2H3,(H,33,39)(H,34,37)(H,35,38)(H2,31,41,42)/t16-,19+,20-,21-,22+/m1/s1. The third-order valence-electron chi connectivity index (χ3n) is 7.83. The molecule has 0 saturated carbocycles. The monoisotopic (exact) mass is 632 g/mol. The van der Waals surface area contributed by atoms with Crippen LogP contribution in [0.15, 0.2) is 24.3 Å². The number of benzene rings is 1. The lowest BCUT2D eigenvalue weighted by Gasteiger charge is -2.34. The summed E-state index contributed by atoms with van der Waals surface area (Å²) in [6.07, 6.45) is -2.61. The lowest BCUT2D eigenvalue weighted by molar-refractivity contribution is -0.144. The molecule has 2 fully saturated rings. The number of rotatable bonds is 10. The average Bonchev–Trinajstić information content (AvgIpc) is 3.43. The molecule has 6 N–H and O–H groups in total. The Labute approximate surface area is 248 Å². The second kappa shape index (κ2) is 14.5. The van der Waals surface area contributed by atoms with Crippen LogP contribution in [0.3, 0.4) is 0 Å². The number of nitrogens with zero attached hydrogens (tertiary/aromatic N) is 1. The van der Waals surface area contributed by atoms with Gasteiger partial charge in [-0.15, -0.1) is 0 Å². The Hall–Kier alpha value is -3.24. The molecule has 0 aromatic heterocycles. The quantitative estimate of drug-likeness (QED) is 0.237. The average molecular weight is 633 g/mol. The van der Waals surface area contributed by atoms with Crippen molar-refractivity contribution in [3.63, 3.8) is 0 Å². The first-order valence-electron chi connectivity index (χ1n) is 14.3. The fourth-order valence-corrected chi connectivity index (χ4v) is 5.62. The molecule has 1 aromatic carbocycles. The third kappa shape index (κ3) is 9.63. The molecule has 16 heteroatoms. The molecule has 240 valence electrons. The van der Waals surface area contributed by atoms with Crippen molar-refractivity contribution in [1.82, 2.24) is 25.6 Å². The van der Waals surface area contributed by atoms with E-state index in [4.69, 9.17) is 5.14 Å². The summed E-state index contributed by atoms with van der Waals surface area (Å²) >= 11 is 0. The Bertz CT molecular complexity index is 1280. The van der Waals surface area contributed by atoms with Gasteiger partial charge in [0.15, 0.2) is 0 Å². The zero-order valence-corrected chi connectivity index (χ0v) is 24.9. The molecule has 2 saturated heterocycles. The Morgan fingerprint density at radius 2 is 1.63 bits per heavy atom. The summed E-state index contributed by atoms with van der Waals surface area (Å²) in [5, 5.41) is 13.0. The van der Waals surface area contributed by atoms with Crippen LogP contribution >= 0.6 is 0 Å². The first-order chi connectivity index (χ1) is 20.1. The summed E-state index contributed by atoms with van der Waals surface area (Å²) in [4.78, 5) is 55.5. The molecular formula is C27H39F3N6O6S. The topological polar surface area (TPSA) is 180 Å². The number of hydrogen-bond acceptors (Lipinski definition) is 6. The van der Waals surface area contributed by atoms with Gasteiger partial charge in [-0.05, 0) is 55.7 Å². The van der Waals surface area contributed by atoms with E-state index in [2.05, 4.69) is 20.7 Å². The van der Waals surface area contributed by atoms with Crippen LogP contribution in [0.1, 0.15) is 63.5 Å². The maximum absolute atomic E-state index is 13.7. The fourth-order valence-electron chi connectivity index (χ4n) is 5.19. The van der Waals surface area contributed by atoms with E-state index in [9.17, 15) is 40.8 Å². The molecule has 0 spiro atoms. The van der Waals surface area contributed by atoms with Gasteiger partial charge in [0.1, 0.15) is 24.2 Å². The highest BCUT2D eigenvalue weighted by Gasteiger charge is 2.42. The largest absolute Gasteiger partial charge is 0.416 e. The lowest BCUT2D eigenvalue weighted by atomic mass is 9.95. The number of nitrogens with one attached hydrogen (secondary N) is 4. The number of carbonyl (C=O) groups excluding carboxylic acids is 4. The molecule has 2 aliphatic rings. The summed E-state index contributed by atoms with van der Waals surface area (Å²) in [5.41, 5.74) is -0.535.